The molecule has 1 aromatic carbocycles. The standard InChI is InChI=1S/C14H13N3OS/c1-8-4-3-5-9-11(8)16-14(17-13(9)15)12-10(18-2)6-7-19-12/h3-7H,1-2H3,(H2,15,16,17). The molecule has 0 bridgehead atoms. The largest absolute Gasteiger partial charge is 0.495 e. The predicted octanol–water partition coefficient (Wildman–Crippen LogP) is 3.26. The Labute approximate surface area is 114 Å². The molecule has 96 valence electrons. The topological polar surface area (TPSA) is 61.0 Å². The number of rotatable bonds is 2. The lowest BCUT2D eigenvalue weighted by molar-refractivity contribution is 0.418. The van der Waals surface area contributed by atoms with Crippen LogP contribution in [0, 0.1) is 6.92 Å². The van der Waals surface area contributed by atoms with Crippen molar-refractivity contribution in [1.29, 1.82) is 0 Å². The number of methoxy groups -OCH3 is 1. The van der Waals surface area contributed by atoms with Crippen LogP contribution in [0.25, 0.3) is 21.6 Å². The lowest BCUT2D eigenvalue weighted by atomic mass is 10.1. The Morgan fingerprint density at radius 2 is 2.05 bits per heavy atom. The first-order chi connectivity index (χ1) is 9.20. The van der Waals surface area contributed by atoms with Gasteiger partial charge >= 0.3 is 0 Å². The molecule has 0 aliphatic carbocycles. The second-order valence-electron chi connectivity index (χ2n) is 4.22. The fraction of sp³-hybridized carbons (Fsp3) is 0.143. The first kappa shape index (κ1) is 11.9. The fourth-order valence-corrected chi connectivity index (χ4v) is 2.83. The van der Waals surface area contributed by atoms with Crippen LogP contribution >= 0.6 is 11.3 Å². The van der Waals surface area contributed by atoms with Crippen LogP contribution in [0.3, 0.4) is 0 Å². The van der Waals surface area contributed by atoms with Crippen LogP contribution in [0.15, 0.2) is 29.6 Å². The number of nitrogens with two attached hydrogens (primary N) is 1. The van der Waals surface area contributed by atoms with Crippen molar-refractivity contribution in [1.82, 2.24) is 9.97 Å². The minimum Gasteiger partial charge on any atom is -0.495 e. The van der Waals surface area contributed by atoms with E-state index in [0.29, 0.717) is 11.6 Å². The predicted molar refractivity (Wildman–Crippen MR) is 78.6 cm³/mol. The van der Waals surface area contributed by atoms with E-state index in [9.17, 15) is 0 Å². The van der Waals surface area contributed by atoms with Gasteiger partial charge in [0.25, 0.3) is 0 Å². The minimum atomic E-state index is 0.499. The van der Waals surface area contributed by atoms with E-state index in [0.717, 1.165) is 27.1 Å². The highest BCUT2D eigenvalue weighted by molar-refractivity contribution is 7.13. The summed E-state index contributed by atoms with van der Waals surface area (Å²) in [6.07, 6.45) is 0. The zero-order valence-electron chi connectivity index (χ0n) is 10.7. The van der Waals surface area contributed by atoms with E-state index >= 15 is 0 Å². The summed E-state index contributed by atoms with van der Waals surface area (Å²) >= 11 is 1.54. The quantitative estimate of drug-likeness (QED) is 0.777. The number of para-hydroxylation sites is 1. The Morgan fingerprint density at radius 3 is 2.84 bits per heavy atom. The highest BCUT2D eigenvalue weighted by atomic mass is 32.1. The first-order valence-corrected chi connectivity index (χ1v) is 6.73. The lowest BCUT2D eigenvalue weighted by Gasteiger charge is -2.07. The summed E-state index contributed by atoms with van der Waals surface area (Å²) in [5, 5.41) is 2.84. The van der Waals surface area contributed by atoms with E-state index in [1.807, 2.05) is 36.6 Å². The molecule has 5 heteroatoms. The van der Waals surface area contributed by atoms with Crippen LogP contribution < -0.4 is 10.5 Å². The summed E-state index contributed by atoms with van der Waals surface area (Å²) in [5.41, 5.74) is 8.01. The van der Waals surface area contributed by atoms with Gasteiger partial charge in [-0.1, -0.05) is 12.1 Å². The average molecular weight is 271 g/mol. The summed E-state index contributed by atoms with van der Waals surface area (Å²) < 4.78 is 5.31. The van der Waals surface area contributed by atoms with Crippen molar-refractivity contribution >= 4 is 28.1 Å². The molecule has 0 spiro atoms. The van der Waals surface area contributed by atoms with Crippen molar-refractivity contribution in [3.63, 3.8) is 0 Å². The molecule has 2 heterocycles. The molecule has 0 amide bonds. The molecule has 19 heavy (non-hydrogen) atoms. The molecule has 0 saturated heterocycles. The summed E-state index contributed by atoms with van der Waals surface area (Å²) in [6.45, 7) is 2.02. The van der Waals surface area contributed by atoms with E-state index in [2.05, 4.69) is 9.97 Å². The monoisotopic (exact) mass is 271 g/mol. The zero-order chi connectivity index (χ0) is 13.4. The number of nitrogens with zero attached hydrogens (tertiary/aromatic N) is 2. The number of benzene rings is 1. The van der Waals surface area contributed by atoms with E-state index in [4.69, 9.17) is 10.5 Å². The molecule has 0 fully saturated rings. The molecule has 4 nitrogen and oxygen atoms in total. The maximum absolute atomic E-state index is 6.04. The van der Waals surface area contributed by atoms with E-state index in [-0.39, 0.29) is 0 Å². The third-order valence-corrected chi connectivity index (χ3v) is 3.90. The fourth-order valence-electron chi connectivity index (χ4n) is 2.04. The Balaban J connectivity index is 2.29. The van der Waals surface area contributed by atoms with Gasteiger partial charge in [0.05, 0.1) is 12.6 Å². The number of aryl methyl sites for hydroxylation is 1. The first-order valence-electron chi connectivity index (χ1n) is 5.85. The highest BCUT2D eigenvalue weighted by Crippen LogP contribution is 2.35. The van der Waals surface area contributed by atoms with E-state index < -0.39 is 0 Å². The van der Waals surface area contributed by atoms with Crippen molar-refractivity contribution in [3.05, 3.63) is 35.2 Å². The van der Waals surface area contributed by atoms with E-state index in [1.54, 1.807) is 18.4 Å². The average Bonchev–Trinajstić information content (AvgIpc) is 2.88. The normalized spacial score (nSPS) is 10.8. The van der Waals surface area contributed by atoms with Crippen LogP contribution in [0.5, 0.6) is 5.75 Å². The van der Waals surface area contributed by atoms with Gasteiger partial charge in [-0.25, -0.2) is 9.97 Å². The van der Waals surface area contributed by atoms with Crippen molar-refractivity contribution in [2.45, 2.75) is 6.92 Å². The van der Waals surface area contributed by atoms with Crippen LogP contribution in [-0.4, -0.2) is 17.1 Å². The van der Waals surface area contributed by atoms with Crippen LogP contribution in [0.2, 0.25) is 0 Å². The molecule has 3 rings (SSSR count). The smallest absolute Gasteiger partial charge is 0.176 e. The molecular weight excluding hydrogens is 258 g/mol. The van der Waals surface area contributed by atoms with Gasteiger partial charge in [-0.15, -0.1) is 11.3 Å². The van der Waals surface area contributed by atoms with Crippen molar-refractivity contribution in [2.24, 2.45) is 0 Å². The van der Waals surface area contributed by atoms with Gasteiger partial charge in [-0.05, 0) is 30.0 Å². The molecular formula is C14H13N3OS. The second kappa shape index (κ2) is 4.51. The number of hydrogen-bond donors (Lipinski definition) is 1. The third kappa shape index (κ3) is 1.92. The van der Waals surface area contributed by atoms with Crippen LogP contribution in [-0.2, 0) is 0 Å². The molecule has 2 aromatic heterocycles. The third-order valence-electron chi connectivity index (χ3n) is 3.01. The zero-order valence-corrected chi connectivity index (χ0v) is 11.5. The van der Waals surface area contributed by atoms with Gasteiger partial charge in [-0.2, -0.15) is 0 Å². The minimum absolute atomic E-state index is 0.499. The summed E-state index contributed by atoms with van der Waals surface area (Å²) in [7, 11) is 1.64. The van der Waals surface area contributed by atoms with Crippen LogP contribution in [0.1, 0.15) is 5.56 Å². The Bertz CT molecular complexity index is 752. The molecule has 2 N–H and O–H groups in total. The van der Waals surface area contributed by atoms with Crippen molar-refractivity contribution < 1.29 is 4.74 Å². The summed E-state index contributed by atoms with van der Waals surface area (Å²) in [6, 6.07) is 7.82. The highest BCUT2D eigenvalue weighted by Gasteiger charge is 2.13. The van der Waals surface area contributed by atoms with Gasteiger partial charge in [0.2, 0.25) is 0 Å². The number of fused-ring (bicyclic) bond motifs is 1. The molecule has 0 aliphatic rings. The van der Waals surface area contributed by atoms with Crippen molar-refractivity contribution in [2.75, 3.05) is 12.8 Å². The number of aromatic nitrogens is 2. The number of ether oxygens (including phenoxy) is 1. The molecule has 3 aromatic rings. The van der Waals surface area contributed by atoms with E-state index in [1.165, 1.54) is 0 Å². The molecule has 0 atom stereocenters. The SMILES string of the molecule is COc1ccsc1-c1nc(N)c2cccc(C)c2n1. The number of hydrogen-bond acceptors (Lipinski definition) is 5. The van der Waals surface area contributed by atoms with Crippen molar-refractivity contribution in [3.8, 4) is 16.5 Å². The van der Waals surface area contributed by atoms with Gasteiger partial charge in [0, 0.05) is 5.39 Å². The molecule has 0 aliphatic heterocycles. The molecule has 0 radical (unpaired) electrons. The second-order valence-corrected chi connectivity index (χ2v) is 5.14. The summed E-state index contributed by atoms with van der Waals surface area (Å²) in [4.78, 5) is 9.92. The Hall–Kier alpha value is -2.14. The maximum atomic E-state index is 6.04. The van der Waals surface area contributed by atoms with Gasteiger partial charge in [0.15, 0.2) is 5.82 Å². The van der Waals surface area contributed by atoms with Crippen LogP contribution in [0.4, 0.5) is 5.82 Å². The molecule has 0 unspecified atom stereocenters. The van der Waals surface area contributed by atoms with Gasteiger partial charge in [-0.3, -0.25) is 0 Å². The van der Waals surface area contributed by atoms with Gasteiger partial charge in [0.1, 0.15) is 16.4 Å². The lowest BCUT2D eigenvalue weighted by Crippen LogP contribution is -1.98. The Kier molecular flexibility index (Phi) is 2.83. The number of thiophene rings is 1. The maximum Gasteiger partial charge on any atom is 0.176 e. The number of anilines is 1. The number of nitrogen functional groups attached to an aromatic ring is 1. The van der Waals surface area contributed by atoms with Gasteiger partial charge < -0.3 is 10.5 Å². The Morgan fingerprint density at radius 1 is 1.21 bits per heavy atom. The molecule has 0 saturated carbocycles. The summed E-state index contributed by atoms with van der Waals surface area (Å²) in [5.74, 6) is 1.89.